The van der Waals surface area contributed by atoms with Crippen molar-refractivity contribution in [3.8, 4) is 0 Å². The number of amides is 2. The van der Waals surface area contributed by atoms with E-state index in [1.165, 1.54) is 16.9 Å². The van der Waals surface area contributed by atoms with Gasteiger partial charge in [0.2, 0.25) is 16.9 Å². The predicted octanol–water partition coefficient (Wildman–Crippen LogP) is 3.67. The van der Waals surface area contributed by atoms with Gasteiger partial charge < -0.3 is 4.90 Å². The minimum absolute atomic E-state index is 0.0344. The summed E-state index contributed by atoms with van der Waals surface area (Å²) in [6.45, 7) is 6.68. The highest BCUT2D eigenvalue weighted by molar-refractivity contribution is 7.15. The number of nitrogens with one attached hydrogen (secondary N) is 1. The Hall–Kier alpha value is -2.28. The molecule has 0 radical (unpaired) electrons. The Balaban J connectivity index is 1.74. The summed E-state index contributed by atoms with van der Waals surface area (Å²) in [4.78, 5) is 26.6. The summed E-state index contributed by atoms with van der Waals surface area (Å²) in [5, 5.41) is 12.7. The van der Waals surface area contributed by atoms with Crippen molar-refractivity contribution in [2.45, 2.75) is 52.0 Å². The van der Waals surface area contributed by atoms with E-state index in [0.29, 0.717) is 18.1 Å². The molecule has 1 fully saturated rings. The van der Waals surface area contributed by atoms with Crippen LogP contribution in [0.5, 0.6) is 0 Å². The molecule has 1 aliphatic heterocycles. The number of carbonyl (C=O) groups is 2. The third kappa shape index (κ3) is 4.35. The topological polar surface area (TPSA) is 75.2 Å². The van der Waals surface area contributed by atoms with Crippen LogP contribution in [0.15, 0.2) is 30.3 Å². The van der Waals surface area contributed by atoms with Gasteiger partial charge in [-0.15, -0.1) is 10.2 Å². The molecular weight excluding hydrogens is 360 g/mol. The van der Waals surface area contributed by atoms with Crippen LogP contribution in [0.1, 0.15) is 56.5 Å². The second-order valence-electron chi connectivity index (χ2n) is 7.19. The van der Waals surface area contributed by atoms with Gasteiger partial charge in [-0.3, -0.25) is 14.9 Å². The lowest BCUT2D eigenvalue weighted by atomic mass is 9.97. The molecular formula is C20H26N4O2S. The maximum Gasteiger partial charge on any atom is 0.249 e. The minimum atomic E-state index is -0.469. The van der Waals surface area contributed by atoms with Crippen molar-refractivity contribution in [1.29, 1.82) is 0 Å². The van der Waals surface area contributed by atoms with Crippen LogP contribution in [0, 0.1) is 5.92 Å². The minimum Gasteiger partial charge on any atom is -0.330 e. The summed E-state index contributed by atoms with van der Waals surface area (Å²) in [6, 6.07) is 9.73. The standard InChI is InChI=1S/C20H26N4O2S/c1-4-15(14-9-6-5-7-10-14)19-22-23-20(27-19)21-18(26)17(13(2)3)24-12-8-11-16(24)25/h5-7,9-10,13,15,17H,4,8,11-12H2,1-3H3,(H,21,23,26). The molecule has 7 heteroatoms. The fourth-order valence-corrected chi connectivity index (χ4v) is 4.57. The second kappa shape index (κ2) is 8.61. The van der Waals surface area contributed by atoms with E-state index in [9.17, 15) is 9.59 Å². The number of carbonyl (C=O) groups excluding carboxylic acids is 2. The van der Waals surface area contributed by atoms with Gasteiger partial charge in [0.15, 0.2) is 0 Å². The van der Waals surface area contributed by atoms with Crippen LogP contribution in [0.4, 0.5) is 5.13 Å². The van der Waals surface area contributed by atoms with Crippen LogP contribution in [0.3, 0.4) is 0 Å². The van der Waals surface area contributed by atoms with Crippen molar-refractivity contribution in [3.63, 3.8) is 0 Å². The van der Waals surface area contributed by atoms with Crippen molar-refractivity contribution in [3.05, 3.63) is 40.9 Å². The smallest absolute Gasteiger partial charge is 0.249 e. The number of aromatic nitrogens is 2. The first-order valence-electron chi connectivity index (χ1n) is 9.50. The molecule has 1 aromatic heterocycles. The Morgan fingerprint density at radius 2 is 2.00 bits per heavy atom. The average molecular weight is 387 g/mol. The van der Waals surface area contributed by atoms with Crippen LogP contribution >= 0.6 is 11.3 Å². The van der Waals surface area contributed by atoms with Gasteiger partial charge in [-0.25, -0.2) is 0 Å². The lowest BCUT2D eigenvalue weighted by Crippen LogP contribution is -2.47. The first-order chi connectivity index (χ1) is 13.0. The summed E-state index contributed by atoms with van der Waals surface area (Å²) >= 11 is 1.40. The summed E-state index contributed by atoms with van der Waals surface area (Å²) in [5.41, 5.74) is 1.19. The maximum absolute atomic E-state index is 12.8. The molecule has 2 atom stereocenters. The van der Waals surface area contributed by atoms with Gasteiger partial charge in [-0.05, 0) is 24.3 Å². The molecule has 1 saturated heterocycles. The Morgan fingerprint density at radius 1 is 1.26 bits per heavy atom. The quantitative estimate of drug-likeness (QED) is 0.788. The van der Waals surface area contributed by atoms with E-state index in [0.717, 1.165) is 17.8 Å². The van der Waals surface area contributed by atoms with Crippen molar-refractivity contribution >= 4 is 28.3 Å². The van der Waals surface area contributed by atoms with Gasteiger partial charge in [0.1, 0.15) is 11.0 Å². The number of hydrogen-bond donors (Lipinski definition) is 1. The summed E-state index contributed by atoms with van der Waals surface area (Å²) < 4.78 is 0. The molecule has 0 spiro atoms. The SMILES string of the molecule is CCC(c1ccccc1)c1nnc(NC(=O)C(C(C)C)N2CCCC2=O)s1. The molecule has 2 aromatic rings. The van der Waals surface area contributed by atoms with Gasteiger partial charge in [-0.1, -0.05) is 62.4 Å². The Kier molecular flexibility index (Phi) is 6.21. The molecule has 3 rings (SSSR count). The highest BCUT2D eigenvalue weighted by Crippen LogP contribution is 2.32. The van der Waals surface area contributed by atoms with Crippen LogP contribution in [-0.4, -0.2) is 39.5 Å². The molecule has 2 unspecified atom stereocenters. The lowest BCUT2D eigenvalue weighted by molar-refractivity contribution is -0.136. The van der Waals surface area contributed by atoms with Crippen molar-refractivity contribution < 1.29 is 9.59 Å². The molecule has 0 saturated carbocycles. The van der Waals surface area contributed by atoms with Crippen molar-refractivity contribution in [2.24, 2.45) is 5.92 Å². The summed E-state index contributed by atoms with van der Waals surface area (Å²) in [5.74, 6) is 0.0650. The zero-order valence-electron chi connectivity index (χ0n) is 16.0. The number of likely N-dealkylation sites (tertiary alicyclic amines) is 1. The maximum atomic E-state index is 12.8. The molecule has 1 N–H and O–H groups in total. The first-order valence-corrected chi connectivity index (χ1v) is 10.3. The van der Waals surface area contributed by atoms with Gasteiger partial charge in [0.25, 0.3) is 0 Å². The highest BCUT2D eigenvalue weighted by Gasteiger charge is 2.35. The van der Waals surface area contributed by atoms with Gasteiger partial charge in [0, 0.05) is 18.9 Å². The van der Waals surface area contributed by atoms with Crippen LogP contribution < -0.4 is 5.32 Å². The largest absolute Gasteiger partial charge is 0.330 e. The number of nitrogens with zero attached hydrogens (tertiary/aromatic N) is 3. The van der Waals surface area contributed by atoms with E-state index in [2.05, 4.69) is 34.6 Å². The van der Waals surface area contributed by atoms with E-state index >= 15 is 0 Å². The molecule has 0 aliphatic carbocycles. The van der Waals surface area contributed by atoms with Crippen LogP contribution in [0.25, 0.3) is 0 Å². The molecule has 6 nitrogen and oxygen atoms in total. The number of benzene rings is 1. The van der Waals surface area contributed by atoms with Gasteiger partial charge in [0.05, 0.1) is 0 Å². The van der Waals surface area contributed by atoms with E-state index in [4.69, 9.17) is 0 Å². The number of rotatable bonds is 7. The summed E-state index contributed by atoms with van der Waals surface area (Å²) in [7, 11) is 0. The van der Waals surface area contributed by atoms with E-state index in [-0.39, 0.29) is 23.7 Å². The molecule has 27 heavy (non-hydrogen) atoms. The Morgan fingerprint density at radius 3 is 2.59 bits per heavy atom. The highest BCUT2D eigenvalue weighted by atomic mass is 32.1. The second-order valence-corrected chi connectivity index (χ2v) is 8.19. The average Bonchev–Trinajstić information content (AvgIpc) is 3.26. The van der Waals surface area contributed by atoms with Crippen molar-refractivity contribution in [2.75, 3.05) is 11.9 Å². The van der Waals surface area contributed by atoms with Gasteiger partial charge >= 0.3 is 0 Å². The van der Waals surface area contributed by atoms with E-state index in [1.807, 2.05) is 32.0 Å². The molecule has 144 valence electrons. The predicted molar refractivity (Wildman–Crippen MR) is 107 cm³/mol. The molecule has 2 heterocycles. The van der Waals surface area contributed by atoms with Crippen LogP contribution in [0.2, 0.25) is 0 Å². The third-order valence-electron chi connectivity index (χ3n) is 4.92. The van der Waals surface area contributed by atoms with E-state index < -0.39 is 6.04 Å². The van der Waals surface area contributed by atoms with Crippen molar-refractivity contribution in [1.82, 2.24) is 15.1 Å². The van der Waals surface area contributed by atoms with Gasteiger partial charge in [-0.2, -0.15) is 0 Å². The zero-order chi connectivity index (χ0) is 19.4. The Labute approximate surface area is 164 Å². The van der Waals surface area contributed by atoms with E-state index in [1.54, 1.807) is 4.90 Å². The molecule has 1 aliphatic rings. The Bertz CT molecular complexity index is 790. The summed E-state index contributed by atoms with van der Waals surface area (Å²) in [6.07, 6.45) is 2.24. The fraction of sp³-hybridized carbons (Fsp3) is 0.500. The van der Waals surface area contributed by atoms with Crippen LogP contribution in [-0.2, 0) is 9.59 Å². The number of anilines is 1. The molecule has 2 amide bonds. The zero-order valence-corrected chi connectivity index (χ0v) is 16.8. The number of hydrogen-bond acceptors (Lipinski definition) is 5. The fourth-order valence-electron chi connectivity index (χ4n) is 3.61. The lowest BCUT2D eigenvalue weighted by Gasteiger charge is -2.29. The first kappa shape index (κ1) is 19.5. The molecule has 1 aromatic carbocycles. The monoisotopic (exact) mass is 386 g/mol. The molecule has 0 bridgehead atoms. The third-order valence-corrected chi connectivity index (χ3v) is 5.88. The normalized spacial score (nSPS) is 16.6.